The zero-order chi connectivity index (χ0) is 8.27. The van der Waals surface area contributed by atoms with Gasteiger partial charge in [-0.1, -0.05) is 0 Å². The third-order valence-electron chi connectivity index (χ3n) is 1.49. The number of aliphatic hydroxyl groups excluding tert-OH is 1. The molecule has 0 saturated carbocycles. The minimum Gasteiger partial charge on any atom is -0.395 e. The normalized spacial score (nSPS) is 13.4. The van der Waals surface area contributed by atoms with Gasteiger partial charge in [0, 0.05) is 15.8 Å². The van der Waals surface area contributed by atoms with Gasteiger partial charge in [0.1, 0.15) is 0 Å². The van der Waals surface area contributed by atoms with Crippen LogP contribution in [0.15, 0.2) is 12.1 Å². The molecule has 0 amide bonds. The van der Waals surface area contributed by atoms with E-state index in [4.69, 9.17) is 10.8 Å². The lowest BCUT2D eigenvalue weighted by molar-refractivity contribution is 0.266. The van der Waals surface area contributed by atoms with E-state index in [1.165, 1.54) is 9.75 Å². The predicted octanol–water partition coefficient (Wildman–Crippen LogP) is 0.919. The quantitative estimate of drug-likeness (QED) is 0.710. The molecule has 3 N–H and O–H groups in total. The molecular weight excluding hydrogens is 158 g/mol. The molecule has 11 heavy (non-hydrogen) atoms. The number of thiophene rings is 1. The Morgan fingerprint density at radius 3 is 2.82 bits per heavy atom. The highest BCUT2D eigenvalue weighted by Gasteiger charge is 2.03. The van der Waals surface area contributed by atoms with E-state index in [2.05, 4.69) is 19.1 Å². The first-order valence-electron chi connectivity index (χ1n) is 3.64. The molecule has 0 fully saturated rings. The number of nitrogens with two attached hydrogens (primary N) is 1. The SMILES string of the molecule is Cc1ccc(CC(N)CO)s1. The summed E-state index contributed by atoms with van der Waals surface area (Å²) in [6.07, 6.45) is 0.787. The Morgan fingerprint density at radius 2 is 2.36 bits per heavy atom. The van der Waals surface area contributed by atoms with E-state index >= 15 is 0 Å². The Balaban J connectivity index is 2.50. The van der Waals surface area contributed by atoms with E-state index < -0.39 is 0 Å². The van der Waals surface area contributed by atoms with Crippen LogP contribution in [-0.4, -0.2) is 17.8 Å². The van der Waals surface area contributed by atoms with Crippen LogP contribution >= 0.6 is 11.3 Å². The summed E-state index contributed by atoms with van der Waals surface area (Å²) < 4.78 is 0. The summed E-state index contributed by atoms with van der Waals surface area (Å²) >= 11 is 1.74. The van der Waals surface area contributed by atoms with Crippen molar-refractivity contribution < 1.29 is 5.11 Å². The summed E-state index contributed by atoms with van der Waals surface area (Å²) in [6, 6.07) is 4.03. The summed E-state index contributed by atoms with van der Waals surface area (Å²) in [6.45, 7) is 2.13. The average Bonchev–Trinajstić information content (AvgIpc) is 2.35. The molecule has 2 nitrogen and oxygen atoms in total. The molecule has 0 bridgehead atoms. The molecule has 1 aromatic heterocycles. The first-order valence-corrected chi connectivity index (χ1v) is 4.46. The van der Waals surface area contributed by atoms with Crippen molar-refractivity contribution in [3.63, 3.8) is 0 Å². The molecule has 0 aliphatic heterocycles. The van der Waals surface area contributed by atoms with Crippen LogP contribution in [0, 0.1) is 6.92 Å². The number of aliphatic hydroxyl groups is 1. The Kier molecular flexibility index (Phi) is 3.05. The van der Waals surface area contributed by atoms with Crippen LogP contribution in [0.25, 0.3) is 0 Å². The Morgan fingerprint density at radius 1 is 1.64 bits per heavy atom. The second kappa shape index (κ2) is 3.85. The van der Waals surface area contributed by atoms with Crippen molar-refractivity contribution in [2.75, 3.05) is 6.61 Å². The maximum Gasteiger partial charge on any atom is 0.0586 e. The summed E-state index contributed by atoms with van der Waals surface area (Å²) in [5, 5.41) is 8.68. The summed E-state index contributed by atoms with van der Waals surface area (Å²) in [5.74, 6) is 0. The smallest absolute Gasteiger partial charge is 0.0586 e. The molecule has 1 rings (SSSR count). The second-order valence-electron chi connectivity index (χ2n) is 2.66. The van der Waals surface area contributed by atoms with E-state index in [1.54, 1.807) is 11.3 Å². The van der Waals surface area contributed by atoms with E-state index in [9.17, 15) is 0 Å². The van der Waals surface area contributed by atoms with Crippen LogP contribution < -0.4 is 5.73 Å². The molecule has 1 heterocycles. The standard InChI is InChI=1S/C8H13NOS/c1-6-2-3-8(11-6)4-7(9)5-10/h2-3,7,10H,4-5,9H2,1H3. The van der Waals surface area contributed by atoms with Crippen molar-refractivity contribution in [1.29, 1.82) is 0 Å². The highest BCUT2D eigenvalue weighted by Crippen LogP contribution is 2.15. The van der Waals surface area contributed by atoms with Crippen LogP contribution in [0.2, 0.25) is 0 Å². The topological polar surface area (TPSA) is 46.2 Å². The molecular formula is C8H13NOS. The fourth-order valence-electron chi connectivity index (χ4n) is 0.918. The Labute approximate surface area is 70.7 Å². The minimum absolute atomic E-state index is 0.0664. The monoisotopic (exact) mass is 171 g/mol. The van der Waals surface area contributed by atoms with Crippen molar-refractivity contribution in [3.8, 4) is 0 Å². The van der Waals surface area contributed by atoms with Crippen molar-refractivity contribution >= 4 is 11.3 Å². The number of rotatable bonds is 3. The van der Waals surface area contributed by atoms with Crippen LogP contribution in [0.4, 0.5) is 0 Å². The second-order valence-corrected chi connectivity index (χ2v) is 4.03. The molecule has 0 aromatic carbocycles. The molecule has 0 aliphatic rings. The highest BCUT2D eigenvalue weighted by atomic mass is 32.1. The third kappa shape index (κ3) is 2.61. The lowest BCUT2D eigenvalue weighted by atomic mass is 10.2. The van der Waals surface area contributed by atoms with Gasteiger partial charge in [0.15, 0.2) is 0 Å². The Bertz CT molecular complexity index is 222. The lowest BCUT2D eigenvalue weighted by Gasteiger charge is -2.04. The summed E-state index contributed by atoms with van der Waals surface area (Å²) in [7, 11) is 0. The van der Waals surface area contributed by atoms with Crippen LogP contribution in [0.5, 0.6) is 0 Å². The zero-order valence-corrected chi connectivity index (χ0v) is 7.40. The van der Waals surface area contributed by atoms with Gasteiger partial charge in [-0.05, 0) is 25.5 Å². The Hall–Kier alpha value is -0.380. The minimum atomic E-state index is -0.104. The number of aryl methyl sites for hydroxylation is 1. The molecule has 62 valence electrons. The fourth-order valence-corrected chi connectivity index (χ4v) is 1.90. The van der Waals surface area contributed by atoms with Crippen LogP contribution in [-0.2, 0) is 6.42 Å². The largest absolute Gasteiger partial charge is 0.395 e. The number of hydrogen-bond donors (Lipinski definition) is 2. The van der Waals surface area contributed by atoms with Gasteiger partial charge in [-0.3, -0.25) is 0 Å². The fraction of sp³-hybridized carbons (Fsp3) is 0.500. The van der Waals surface area contributed by atoms with Crippen molar-refractivity contribution in [2.45, 2.75) is 19.4 Å². The van der Waals surface area contributed by atoms with Gasteiger partial charge in [-0.15, -0.1) is 11.3 Å². The van der Waals surface area contributed by atoms with Gasteiger partial charge >= 0.3 is 0 Å². The molecule has 3 heteroatoms. The van der Waals surface area contributed by atoms with Crippen molar-refractivity contribution in [1.82, 2.24) is 0 Å². The molecule has 0 saturated heterocycles. The third-order valence-corrected chi connectivity index (χ3v) is 2.52. The van der Waals surface area contributed by atoms with Crippen LogP contribution in [0.1, 0.15) is 9.75 Å². The predicted molar refractivity (Wildman–Crippen MR) is 47.8 cm³/mol. The molecule has 0 aliphatic carbocycles. The first kappa shape index (κ1) is 8.71. The van der Waals surface area contributed by atoms with Gasteiger partial charge in [0.2, 0.25) is 0 Å². The van der Waals surface area contributed by atoms with E-state index in [1.807, 2.05) is 0 Å². The van der Waals surface area contributed by atoms with Crippen molar-refractivity contribution in [3.05, 3.63) is 21.9 Å². The molecule has 1 aromatic rings. The highest BCUT2D eigenvalue weighted by molar-refractivity contribution is 7.11. The lowest BCUT2D eigenvalue weighted by Crippen LogP contribution is -2.26. The number of hydrogen-bond acceptors (Lipinski definition) is 3. The van der Waals surface area contributed by atoms with Gasteiger partial charge < -0.3 is 10.8 Å². The van der Waals surface area contributed by atoms with E-state index in [-0.39, 0.29) is 12.6 Å². The van der Waals surface area contributed by atoms with Crippen molar-refractivity contribution in [2.24, 2.45) is 5.73 Å². The molecule has 0 radical (unpaired) electrons. The van der Waals surface area contributed by atoms with Gasteiger partial charge in [-0.2, -0.15) is 0 Å². The first-order chi connectivity index (χ1) is 5.22. The van der Waals surface area contributed by atoms with E-state index in [0.717, 1.165) is 6.42 Å². The molecule has 0 spiro atoms. The summed E-state index contributed by atoms with van der Waals surface area (Å²) in [4.78, 5) is 2.55. The van der Waals surface area contributed by atoms with Crippen LogP contribution in [0.3, 0.4) is 0 Å². The average molecular weight is 171 g/mol. The summed E-state index contributed by atoms with van der Waals surface area (Å²) in [5.41, 5.74) is 5.57. The molecule has 1 atom stereocenters. The maximum atomic E-state index is 8.68. The zero-order valence-electron chi connectivity index (χ0n) is 6.58. The molecule has 1 unspecified atom stereocenters. The van der Waals surface area contributed by atoms with Gasteiger partial charge in [-0.25, -0.2) is 0 Å². The van der Waals surface area contributed by atoms with Gasteiger partial charge in [0.05, 0.1) is 6.61 Å². The van der Waals surface area contributed by atoms with Gasteiger partial charge in [0.25, 0.3) is 0 Å². The van der Waals surface area contributed by atoms with E-state index in [0.29, 0.717) is 0 Å². The maximum absolute atomic E-state index is 8.68.